The van der Waals surface area contributed by atoms with Crippen molar-refractivity contribution >= 4 is 17.3 Å². The van der Waals surface area contributed by atoms with Crippen LogP contribution in [0.5, 0.6) is 0 Å². The van der Waals surface area contributed by atoms with E-state index in [9.17, 15) is 10.1 Å². The van der Waals surface area contributed by atoms with E-state index in [4.69, 9.17) is 0 Å². The molecule has 20 heavy (non-hydrogen) atoms. The zero-order valence-corrected chi connectivity index (χ0v) is 11.2. The maximum atomic E-state index is 10.9. The number of aromatic nitrogens is 3. The van der Waals surface area contributed by atoms with E-state index < -0.39 is 4.92 Å². The Morgan fingerprint density at radius 1 is 1.40 bits per heavy atom. The van der Waals surface area contributed by atoms with Crippen LogP contribution in [-0.2, 0) is 0 Å². The van der Waals surface area contributed by atoms with Crippen molar-refractivity contribution in [2.24, 2.45) is 5.92 Å². The van der Waals surface area contributed by atoms with Crippen molar-refractivity contribution in [3.8, 4) is 0 Å². The van der Waals surface area contributed by atoms with Crippen LogP contribution in [0.1, 0.15) is 32.1 Å². The highest BCUT2D eigenvalue weighted by Crippen LogP contribution is 2.27. The van der Waals surface area contributed by atoms with E-state index in [1.807, 2.05) is 0 Å². The molecule has 0 atom stereocenters. The van der Waals surface area contributed by atoms with E-state index >= 15 is 0 Å². The van der Waals surface area contributed by atoms with Gasteiger partial charge in [-0.15, -0.1) is 0 Å². The summed E-state index contributed by atoms with van der Waals surface area (Å²) in [6, 6.07) is 3.54. The van der Waals surface area contributed by atoms with Crippen molar-refractivity contribution in [3.63, 3.8) is 0 Å². The van der Waals surface area contributed by atoms with Gasteiger partial charge in [-0.05, 0) is 23.3 Å². The molecule has 0 unspecified atom stereocenters. The van der Waals surface area contributed by atoms with Crippen LogP contribution >= 0.6 is 0 Å². The van der Waals surface area contributed by atoms with Gasteiger partial charge in [0, 0.05) is 12.6 Å². The largest absolute Gasteiger partial charge is 0.368 e. The first-order valence-electron chi connectivity index (χ1n) is 6.97. The van der Waals surface area contributed by atoms with Crippen molar-refractivity contribution in [3.05, 3.63) is 28.4 Å². The lowest BCUT2D eigenvalue weighted by Gasteiger charge is -2.09. The molecule has 106 valence electrons. The third kappa shape index (κ3) is 2.56. The fraction of sp³-hybridized carbons (Fsp3) is 0.538. The number of nitrogens with one attached hydrogen (secondary N) is 1. The molecule has 7 nitrogen and oxygen atoms in total. The van der Waals surface area contributed by atoms with Crippen LogP contribution in [0, 0.1) is 16.0 Å². The second kappa shape index (κ2) is 5.44. The molecule has 3 rings (SSSR count). The molecule has 0 bridgehead atoms. The summed E-state index contributed by atoms with van der Waals surface area (Å²) in [5.74, 6) is 1.35. The Morgan fingerprint density at radius 2 is 2.20 bits per heavy atom. The summed E-state index contributed by atoms with van der Waals surface area (Å²) in [5, 5.41) is 18.3. The molecule has 2 heterocycles. The van der Waals surface area contributed by atoms with Gasteiger partial charge in [0.1, 0.15) is 6.20 Å². The number of nitrogens with zero attached hydrogens (tertiary/aromatic N) is 4. The van der Waals surface area contributed by atoms with Gasteiger partial charge >= 0.3 is 5.82 Å². The van der Waals surface area contributed by atoms with E-state index in [-0.39, 0.29) is 5.82 Å². The molecule has 0 spiro atoms. The highest BCUT2D eigenvalue weighted by molar-refractivity contribution is 5.48. The summed E-state index contributed by atoms with van der Waals surface area (Å²) in [6.45, 7) is 0.853. The Morgan fingerprint density at radius 3 is 2.95 bits per heavy atom. The molecule has 2 aromatic rings. The molecule has 0 aliphatic heterocycles. The zero-order valence-electron chi connectivity index (χ0n) is 11.2. The summed E-state index contributed by atoms with van der Waals surface area (Å²) < 4.78 is 1.26. The van der Waals surface area contributed by atoms with Crippen LogP contribution in [0.25, 0.3) is 5.65 Å². The third-order valence-corrected chi connectivity index (χ3v) is 3.86. The monoisotopic (exact) mass is 275 g/mol. The van der Waals surface area contributed by atoms with E-state index in [0.717, 1.165) is 18.9 Å². The van der Waals surface area contributed by atoms with Crippen molar-refractivity contribution in [2.75, 3.05) is 11.9 Å². The topological polar surface area (TPSA) is 85.4 Å². The molecule has 7 heteroatoms. The van der Waals surface area contributed by atoms with Crippen LogP contribution < -0.4 is 5.32 Å². The van der Waals surface area contributed by atoms with Gasteiger partial charge in [0.25, 0.3) is 0 Å². The number of fused-ring (bicyclic) bond motifs is 1. The third-order valence-electron chi connectivity index (χ3n) is 3.86. The van der Waals surface area contributed by atoms with Gasteiger partial charge in [0.05, 0.1) is 0 Å². The number of rotatable bonds is 5. The van der Waals surface area contributed by atoms with Crippen LogP contribution in [0.3, 0.4) is 0 Å². The first-order valence-corrected chi connectivity index (χ1v) is 6.97. The predicted molar refractivity (Wildman–Crippen MR) is 74.7 cm³/mol. The Labute approximate surface area is 116 Å². The number of nitro groups is 1. The maximum absolute atomic E-state index is 10.9. The molecule has 0 radical (unpaired) electrons. The second-order valence-electron chi connectivity index (χ2n) is 5.23. The minimum Gasteiger partial charge on any atom is -0.367 e. The quantitative estimate of drug-likeness (QED) is 0.669. The molecule has 0 saturated heterocycles. The van der Waals surface area contributed by atoms with Crippen LogP contribution in [0.4, 0.5) is 11.6 Å². The lowest BCUT2D eigenvalue weighted by molar-refractivity contribution is -0.391. The standard InChI is InChI=1S/C13H17N5O2/c19-18(20)13-9-15-12-6-5-11(16-17(12)13)14-8-7-10-3-1-2-4-10/h5-6,9-10H,1-4,7-8H2,(H,14,16). The number of imidazole rings is 1. The van der Waals surface area contributed by atoms with Gasteiger partial charge < -0.3 is 15.4 Å². The van der Waals surface area contributed by atoms with Crippen LogP contribution in [-0.4, -0.2) is 26.1 Å². The summed E-state index contributed by atoms with van der Waals surface area (Å²) >= 11 is 0. The SMILES string of the molecule is O=[N+]([O-])c1cnc2ccc(NCCC3CCCC3)nn12. The van der Waals surface area contributed by atoms with Gasteiger partial charge in [0.15, 0.2) is 5.82 Å². The molecule has 1 fully saturated rings. The van der Waals surface area contributed by atoms with Crippen molar-refractivity contribution in [1.29, 1.82) is 0 Å². The van der Waals surface area contributed by atoms with Gasteiger partial charge in [0.2, 0.25) is 5.65 Å². The summed E-state index contributed by atoms with van der Waals surface area (Å²) in [4.78, 5) is 14.3. The summed E-state index contributed by atoms with van der Waals surface area (Å²) in [6.07, 6.45) is 7.69. The Bertz CT molecular complexity index is 618. The van der Waals surface area contributed by atoms with Gasteiger partial charge in [-0.3, -0.25) is 0 Å². The molecular formula is C13H17N5O2. The van der Waals surface area contributed by atoms with Crippen molar-refractivity contribution in [1.82, 2.24) is 14.6 Å². The minimum absolute atomic E-state index is 0.112. The lowest BCUT2D eigenvalue weighted by Crippen LogP contribution is -2.09. The van der Waals surface area contributed by atoms with Gasteiger partial charge in [-0.25, -0.2) is 4.98 Å². The molecule has 1 saturated carbocycles. The van der Waals surface area contributed by atoms with E-state index in [0.29, 0.717) is 11.5 Å². The van der Waals surface area contributed by atoms with Gasteiger partial charge in [-0.2, -0.15) is 0 Å². The van der Waals surface area contributed by atoms with Crippen LogP contribution in [0.15, 0.2) is 18.3 Å². The molecule has 0 aromatic carbocycles. The minimum atomic E-state index is -0.477. The lowest BCUT2D eigenvalue weighted by atomic mass is 10.0. The molecule has 1 aliphatic rings. The molecular weight excluding hydrogens is 258 g/mol. The molecule has 1 N–H and O–H groups in total. The summed E-state index contributed by atoms with van der Waals surface area (Å²) in [7, 11) is 0. The van der Waals surface area contributed by atoms with Crippen molar-refractivity contribution < 1.29 is 4.92 Å². The van der Waals surface area contributed by atoms with Crippen molar-refractivity contribution in [2.45, 2.75) is 32.1 Å². The maximum Gasteiger partial charge on any atom is 0.368 e. The number of hydrogen-bond donors (Lipinski definition) is 1. The highest BCUT2D eigenvalue weighted by atomic mass is 16.6. The van der Waals surface area contributed by atoms with E-state index in [1.165, 1.54) is 36.4 Å². The van der Waals surface area contributed by atoms with Gasteiger partial charge in [-0.1, -0.05) is 35.3 Å². The Balaban J connectivity index is 1.68. The smallest absolute Gasteiger partial charge is 0.367 e. The average Bonchev–Trinajstić information content (AvgIpc) is 3.06. The Hall–Kier alpha value is -2.18. The molecule has 0 amide bonds. The number of anilines is 1. The Kier molecular flexibility index (Phi) is 3.49. The fourth-order valence-electron chi connectivity index (χ4n) is 2.78. The fourth-order valence-corrected chi connectivity index (χ4v) is 2.78. The first-order chi connectivity index (χ1) is 9.74. The second-order valence-corrected chi connectivity index (χ2v) is 5.23. The first kappa shape index (κ1) is 12.8. The van der Waals surface area contributed by atoms with E-state index in [1.54, 1.807) is 12.1 Å². The normalized spacial score (nSPS) is 15.8. The predicted octanol–water partition coefficient (Wildman–Crippen LogP) is 2.63. The molecule has 1 aliphatic carbocycles. The average molecular weight is 275 g/mol. The highest BCUT2D eigenvalue weighted by Gasteiger charge is 2.17. The van der Waals surface area contributed by atoms with E-state index in [2.05, 4.69) is 15.4 Å². The summed E-state index contributed by atoms with van der Waals surface area (Å²) in [5.41, 5.74) is 0.484. The number of hydrogen-bond acceptors (Lipinski definition) is 5. The van der Waals surface area contributed by atoms with Crippen LogP contribution in [0.2, 0.25) is 0 Å². The molecule has 2 aromatic heterocycles. The zero-order chi connectivity index (χ0) is 13.9.